The number of likely N-dealkylation sites (tertiary alicyclic amines) is 1. The number of carbonyl (C=O) groups excluding carboxylic acids is 3. The summed E-state index contributed by atoms with van der Waals surface area (Å²) in [6.07, 6.45) is 0.746. The van der Waals surface area contributed by atoms with Crippen LogP contribution in [0.1, 0.15) is 34.8 Å². The van der Waals surface area contributed by atoms with Gasteiger partial charge in [0.2, 0.25) is 6.79 Å². The van der Waals surface area contributed by atoms with Gasteiger partial charge in [-0.2, -0.15) is 9.37 Å². The normalized spacial score (nSPS) is 19.0. The maximum absolute atomic E-state index is 13.9. The summed E-state index contributed by atoms with van der Waals surface area (Å²) in [7, 11) is 2.11. The molecule has 3 aromatic carbocycles. The van der Waals surface area contributed by atoms with Crippen molar-refractivity contribution >= 4 is 29.3 Å². The van der Waals surface area contributed by atoms with E-state index in [2.05, 4.69) is 12.4 Å². The van der Waals surface area contributed by atoms with Crippen molar-refractivity contribution < 1.29 is 42.8 Å². The monoisotopic (exact) mass is 588 g/mol. The Bertz CT molecular complexity index is 1550. The van der Waals surface area contributed by atoms with Gasteiger partial charge in [-0.25, -0.2) is 10.1 Å². The molecule has 3 amide bonds. The lowest BCUT2D eigenvalue weighted by Gasteiger charge is -2.28. The number of carbonyl (C=O) groups is 3. The topological polar surface area (TPSA) is 140 Å². The molecule has 0 bridgehead atoms. The number of aromatic hydroxyl groups is 1. The molecule has 43 heavy (non-hydrogen) atoms. The summed E-state index contributed by atoms with van der Waals surface area (Å²) in [5.74, 6) is 0.430. The third-order valence-corrected chi connectivity index (χ3v) is 7.72. The quantitative estimate of drug-likeness (QED) is 0.198. The van der Waals surface area contributed by atoms with E-state index >= 15 is 0 Å². The summed E-state index contributed by atoms with van der Waals surface area (Å²) < 4.78 is 18.1. The average Bonchev–Trinajstić information content (AvgIpc) is 3.60. The molecule has 0 spiro atoms. The van der Waals surface area contributed by atoms with E-state index in [4.69, 9.17) is 19.9 Å². The highest BCUT2D eigenvalue weighted by molar-refractivity contribution is 5.95. The van der Waals surface area contributed by atoms with E-state index in [0.717, 1.165) is 29.1 Å². The summed E-state index contributed by atoms with van der Waals surface area (Å²) in [5, 5.41) is 12.6. The number of nitrogens with two attached hydrogens (primary N) is 1. The minimum atomic E-state index is -0.976. The second kappa shape index (κ2) is 12.5. The molecular weight excluding hydrogens is 552 g/mol. The Balaban J connectivity index is 1.44. The smallest absolute Gasteiger partial charge is 0.496 e. The first-order valence-corrected chi connectivity index (χ1v) is 14.2. The number of nitrogens with zero attached hydrogens (tertiary/aromatic N) is 2. The Hall–Kier alpha value is -4.90. The van der Waals surface area contributed by atoms with E-state index in [1.807, 2.05) is 18.2 Å². The fourth-order valence-corrected chi connectivity index (χ4v) is 5.58. The fraction of sp³-hybridized carbons (Fsp3) is 0.312. The van der Waals surface area contributed by atoms with E-state index in [0.29, 0.717) is 41.0 Å². The number of rotatable bonds is 9. The zero-order valence-corrected chi connectivity index (χ0v) is 24.2. The predicted molar refractivity (Wildman–Crippen MR) is 158 cm³/mol. The number of hydrogen-bond donors (Lipinski definition) is 3. The molecule has 0 unspecified atom stereocenters. The highest BCUT2D eigenvalue weighted by Gasteiger charge is 2.41. The van der Waals surface area contributed by atoms with Crippen molar-refractivity contribution in [3.05, 3.63) is 83.4 Å². The Morgan fingerprint density at radius 3 is 2.42 bits per heavy atom. The summed E-state index contributed by atoms with van der Waals surface area (Å²) >= 11 is 0. The fourth-order valence-electron chi connectivity index (χ4n) is 5.58. The molecule has 11 nitrogen and oxygen atoms in total. The van der Waals surface area contributed by atoms with Gasteiger partial charge in [0.1, 0.15) is 30.2 Å². The molecule has 1 fully saturated rings. The Labute approximate surface area is 249 Å². The summed E-state index contributed by atoms with van der Waals surface area (Å²) in [4.78, 5) is 38.9. The zero-order chi connectivity index (χ0) is 30.6. The van der Waals surface area contributed by atoms with E-state index in [1.54, 1.807) is 43.3 Å². The minimum Gasteiger partial charge on any atom is -0.508 e. The Morgan fingerprint density at radius 1 is 1.02 bits per heavy atom. The van der Waals surface area contributed by atoms with Crippen molar-refractivity contribution in [1.82, 2.24) is 0 Å². The predicted octanol–water partition coefficient (Wildman–Crippen LogP) is 3.43. The first kappa shape index (κ1) is 29.6. The molecule has 2 aliphatic rings. The van der Waals surface area contributed by atoms with Crippen LogP contribution in [-0.4, -0.2) is 77.4 Å². The van der Waals surface area contributed by atoms with E-state index in [-0.39, 0.29) is 25.6 Å². The number of fused-ring (bicyclic) bond motifs is 1. The molecule has 0 radical (unpaired) electrons. The number of ether oxygens (including phenoxy) is 3. The molecule has 5 rings (SSSR count). The van der Waals surface area contributed by atoms with Crippen molar-refractivity contribution in [3.8, 4) is 17.2 Å². The zero-order valence-electron chi connectivity index (χ0n) is 24.2. The summed E-state index contributed by atoms with van der Waals surface area (Å²) in [6, 6.07) is 17.2. The van der Waals surface area contributed by atoms with Gasteiger partial charge in [-0.05, 0) is 67.1 Å². The highest BCUT2D eigenvalue weighted by atomic mass is 16.7. The lowest BCUT2D eigenvalue weighted by atomic mass is 10.0. The van der Waals surface area contributed by atoms with Crippen molar-refractivity contribution in [2.75, 3.05) is 38.9 Å². The number of amides is 3. The van der Waals surface area contributed by atoms with Crippen LogP contribution in [0.4, 0.5) is 10.5 Å². The number of phenols is 1. The number of urea groups is 1. The van der Waals surface area contributed by atoms with Crippen LogP contribution in [0.2, 0.25) is 0 Å². The van der Waals surface area contributed by atoms with Crippen molar-refractivity contribution in [2.24, 2.45) is 5.73 Å². The van der Waals surface area contributed by atoms with Crippen molar-refractivity contribution in [2.45, 2.75) is 32.4 Å². The largest absolute Gasteiger partial charge is 0.508 e. The molecule has 0 saturated carbocycles. The number of anilines is 1. The van der Waals surface area contributed by atoms with Crippen LogP contribution in [-0.2, 0) is 22.5 Å². The molecule has 11 heteroatoms. The third-order valence-electron chi connectivity index (χ3n) is 7.72. The van der Waals surface area contributed by atoms with Gasteiger partial charge >= 0.3 is 12.0 Å². The van der Waals surface area contributed by atoms with Crippen LogP contribution < -0.4 is 20.5 Å². The second-order valence-electron chi connectivity index (χ2n) is 11.0. The van der Waals surface area contributed by atoms with Crippen LogP contribution in [0.15, 0.2) is 66.7 Å². The minimum absolute atomic E-state index is 0.0991. The maximum Gasteiger partial charge on any atom is 0.496 e. The number of phenolic OH excluding ortho intramolecular Hbond substituents is 1. The molecule has 0 aromatic heterocycles. The number of esters is 1. The number of benzene rings is 3. The molecule has 2 aliphatic heterocycles. The molecule has 1 saturated heterocycles. The number of quaternary nitrogens is 1. The van der Waals surface area contributed by atoms with Crippen molar-refractivity contribution in [1.29, 1.82) is 0 Å². The van der Waals surface area contributed by atoms with E-state index in [9.17, 15) is 19.5 Å². The SMILES string of the molecule is CCOC(=O)c1ccc(NC(=O)/[N+](=C2/CC[N@@+](C)(Cc3ccc4c(c3)OCO4)C2)[C@@H](Cc2ccc(O)cc2)C(N)=O)cc1. The molecule has 3 aromatic rings. The highest BCUT2D eigenvalue weighted by Crippen LogP contribution is 2.34. The molecular formula is C32H36N4O7+2. The first-order valence-electron chi connectivity index (χ1n) is 14.2. The third kappa shape index (κ3) is 6.95. The van der Waals surface area contributed by atoms with Crippen LogP contribution in [0, 0.1) is 0 Å². The van der Waals surface area contributed by atoms with Gasteiger partial charge in [0.15, 0.2) is 17.5 Å². The lowest BCUT2D eigenvalue weighted by molar-refractivity contribution is -0.907. The van der Waals surface area contributed by atoms with Crippen molar-refractivity contribution in [3.63, 3.8) is 0 Å². The van der Waals surface area contributed by atoms with Gasteiger partial charge in [0, 0.05) is 12.0 Å². The lowest BCUT2D eigenvalue weighted by Crippen LogP contribution is -2.49. The standard InChI is InChI=1S/C32H34N4O7/c1-3-41-31(39)23-7-9-24(10-8-23)34-32(40)35(27(30(33)38)16-21-4-11-26(37)12-5-21)25-14-15-36(2,19-25)18-22-6-13-28-29(17-22)43-20-42-28/h4-13,17,27H,3,14-16,18-20H2,1-2H3,(H2-2,33,34,37,38,39,40)/p+2/b35-25-/t27-,36-/m0/s1. The van der Waals surface area contributed by atoms with E-state index < -0.39 is 23.9 Å². The molecule has 4 N–H and O–H groups in total. The molecule has 2 atom stereocenters. The first-order chi connectivity index (χ1) is 20.6. The van der Waals surface area contributed by atoms with Gasteiger partial charge in [0.25, 0.3) is 5.91 Å². The molecule has 2 heterocycles. The van der Waals surface area contributed by atoms with Gasteiger partial charge in [-0.15, -0.1) is 0 Å². The van der Waals surface area contributed by atoms with Crippen LogP contribution >= 0.6 is 0 Å². The summed E-state index contributed by atoms with van der Waals surface area (Å²) in [6.45, 7) is 4.13. The Morgan fingerprint density at radius 2 is 1.72 bits per heavy atom. The second-order valence-corrected chi connectivity index (χ2v) is 11.0. The van der Waals surface area contributed by atoms with Gasteiger partial charge in [-0.3, -0.25) is 4.79 Å². The van der Waals surface area contributed by atoms with Crippen LogP contribution in [0.3, 0.4) is 0 Å². The van der Waals surface area contributed by atoms with Gasteiger partial charge in [-0.1, -0.05) is 12.1 Å². The summed E-state index contributed by atoms with van der Waals surface area (Å²) in [5.41, 5.74) is 9.35. The van der Waals surface area contributed by atoms with E-state index in [1.165, 1.54) is 16.7 Å². The Kier molecular flexibility index (Phi) is 8.63. The van der Waals surface area contributed by atoms with Gasteiger partial charge in [0.05, 0.1) is 32.2 Å². The van der Waals surface area contributed by atoms with Crippen LogP contribution in [0.5, 0.6) is 17.2 Å². The average molecular weight is 589 g/mol. The van der Waals surface area contributed by atoms with Gasteiger partial charge < -0.3 is 29.5 Å². The number of nitrogens with one attached hydrogen (secondary N) is 1. The molecule has 224 valence electrons. The van der Waals surface area contributed by atoms with Crippen LogP contribution in [0.25, 0.3) is 0 Å². The number of hydrogen-bond acceptors (Lipinski definition) is 7. The number of primary amides is 1. The maximum atomic E-state index is 13.9. The molecule has 0 aliphatic carbocycles.